The molecule has 0 aliphatic carbocycles. The van der Waals surface area contributed by atoms with Gasteiger partial charge in [-0.15, -0.1) is 0 Å². The Labute approximate surface area is 147 Å². The maximum Gasteiger partial charge on any atom is 0.298 e. The minimum atomic E-state index is -1.17. The molecule has 2 aromatic carbocycles. The van der Waals surface area contributed by atoms with Gasteiger partial charge >= 0.3 is 0 Å². The summed E-state index contributed by atoms with van der Waals surface area (Å²) in [5.41, 5.74) is 4.59. The van der Waals surface area contributed by atoms with Crippen LogP contribution in [0.5, 0.6) is 5.75 Å². The third-order valence-electron chi connectivity index (χ3n) is 5.39. The summed E-state index contributed by atoms with van der Waals surface area (Å²) in [6, 6.07) is 11.9. The lowest BCUT2D eigenvalue weighted by Gasteiger charge is -2.39. The van der Waals surface area contributed by atoms with Crippen molar-refractivity contribution in [2.75, 3.05) is 10.2 Å². The SMILES string of the molecule is CC1=CC(C)(C)N2C(=O)[C@@]3(Nc4ccccc4O3)c3cc(C)cc1c32. The number of hydrogen-bond acceptors (Lipinski definition) is 3. The zero-order chi connectivity index (χ0) is 17.6. The maximum absolute atomic E-state index is 13.6. The first kappa shape index (κ1) is 14.6. The molecule has 0 radical (unpaired) electrons. The van der Waals surface area contributed by atoms with Crippen LogP contribution in [0.25, 0.3) is 5.57 Å². The van der Waals surface area contributed by atoms with Crippen molar-refractivity contribution in [1.82, 2.24) is 0 Å². The van der Waals surface area contributed by atoms with Crippen LogP contribution in [0, 0.1) is 6.92 Å². The van der Waals surface area contributed by atoms with Crippen LogP contribution in [-0.4, -0.2) is 11.4 Å². The number of hydrogen-bond donors (Lipinski definition) is 1. The van der Waals surface area contributed by atoms with E-state index in [1.807, 2.05) is 29.2 Å². The second-order valence-corrected chi connectivity index (χ2v) is 7.73. The molecule has 0 bridgehead atoms. The highest BCUT2D eigenvalue weighted by Crippen LogP contribution is 2.55. The smallest absolute Gasteiger partial charge is 0.298 e. The van der Waals surface area contributed by atoms with Gasteiger partial charge in [0.05, 0.1) is 22.5 Å². The van der Waals surface area contributed by atoms with Gasteiger partial charge in [-0.1, -0.05) is 18.2 Å². The van der Waals surface area contributed by atoms with E-state index in [2.05, 4.69) is 51.2 Å². The Hall–Kier alpha value is -2.75. The second-order valence-electron chi connectivity index (χ2n) is 7.73. The van der Waals surface area contributed by atoms with Gasteiger partial charge in [0, 0.05) is 5.56 Å². The van der Waals surface area contributed by atoms with Crippen LogP contribution in [0.2, 0.25) is 0 Å². The zero-order valence-corrected chi connectivity index (χ0v) is 14.8. The van der Waals surface area contributed by atoms with E-state index in [9.17, 15) is 4.79 Å². The number of para-hydroxylation sites is 2. The van der Waals surface area contributed by atoms with E-state index in [0.29, 0.717) is 5.75 Å². The van der Waals surface area contributed by atoms with Crippen molar-refractivity contribution in [3.63, 3.8) is 0 Å². The lowest BCUT2D eigenvalue weighted by molar-refractivity contribution is -0.130. The molecule has 4 heteroatoms. The number of nitrogens with one attached hydrogen (secondary N) is 1. The fourth-order valence-electron chi connectivity index (χ4n) is 4.44. The number of amides is 1. The van der Waals surface area contributed by atoms with Crippen molar-refractivity contribution < 1.29 is 9.53 Å². The lowest BCUT2D eigenvalue weighted by Crippen LogP contribution is -2.54. The fraction of sp³-hybridized carbons (Fsp3) is 0.286. The summed E-state index contributed by atoms with van der Waals surface area (Å²) < 4.78 is 6.27. The van der Waals surface area contributed by atoms with Crippen molar-refractivity contribution in [1.29, 1.82) is 0 Å². The number of fused-ring (bicyclic) bond motifs is 2. The van der Waals surface area contributed by atoms with Gasteiger partial charge < -0.3 is 10.1 Å². The van der Waals surface area contributed by atoms with Crippen molar-refractivity contribution in [3.05, 3.63) is 59.2 Å². The number of allylic oxidation sites excluding steroid dienone is 1. The molecule has 0 unspecified atom stereocenters. The summed E-state index contributed by atoms with van der Waals surface area (Å²) >= 11 is 0. The minimum absolute atomic E-state index is 0.0562. The first-order valence-corrected chi connectivity index (χ1v) is 8.59. The quantitative estimate of drug-likeness (QED) is 0.786. The zero-order valence-electron chi connectivity index (χ0n) is 14.8. The van der Waals surface area contributed by atoms with Crippen LogP contribution < -0.4 is 15.0 Å². The van der Waals surface area contributed by atoms with Gasteiger partial charge in [-0.25, -0.2) is 0 Å². The van der Waals surface area contributed by atoms with Crippen molar-refractivity contribution in [3.8, 4) is 5.75 Å². The lowest BCUT2D eigenvalue weighted by atomic mass is 9.88. The van der Waals surface area contributed by atoms with Crippen LogP contribution in [0.15, 0.2) is 42.5 Å². The topological polar surface area (TPSA) is 41.6 Å². The molecule has 126 valence electrons. The Kier molecular flexibility index (Phi) is 2.48. The number of ether oxygens (including phenoxy) is 1. The summed E-state index contributed by atoms with van der Waals surface area (Å²) in [6.07, 6.45) is 2.16. The molecule has 1 atom stereocenters. The van der Waals surface area contributed by atoms with Crippen LogP contribution in [0.4, 0.5) is 11.4 Å². The number of benzene rings is 2. The summed E-state index contributed by atoms with van der Waals surface area (Å²) in [5, 5.41) is 3.38. The molecule has 0 aromatic heterocycles. The molecule has 0 fully saturated rings. The van der Waals surface area contributed by atoms with Gasteiger partial charge in [-0.3, -0.25) is 9.69 Å². The molecule has 3 aliphatic heterocycles. The maximum atomic E-state index is 13.6. The Morgan fingerprint density at radius 1 is 1.12 bits per heavy atom. The third kappa shape index (κ3) is 1.64. The van der Waals surface area contributed by atoms with Gasteiger partial charge in [-0.05, 0) is 63.1 Å². The van der Waals surface area contributed by atoms with E-state index >= 15 is 0 Å². The van der Waals surface area contributed by atoms with Crippen molar-refractivity contribution in [2.24, 2.45) is 0 Å². The Morgan fingerprint density at radius 2 is 1.88 bits per heavy atom. The Bertz CT molecular complexity index is 962. The van der Waals surface area contributed by atoms with E-state index in [1.54, 1.807) is 0 Å². The van der Waals surface area contributed by atoms with Gasteiger partial charge in [0.25, 0.3) is 11.6 Å². The van der Waals surface area contributed by atoms with E-state index < -0.39 is 11.3 Å². The van der Waals surface area contributed by atoms with Gasteiger partial charge in [0.15, 0.2) is 0 Å². The molecule has 3 aliphatic rings. The molecule has 1 N–H and O–H groups in total. The van der Waals surface area contributed by atoms with Crippen LogP contribution in [0.3, 0.4) is 0 Å². The number of anilines is 2. The highest BCUT2D eigenvalue weighted by atomic mass is 16.5. The first-order chi connectivity index (χ1) is 11.8. The largest absolute Gasteiger partial charge is 0.452 e. The molecular formula is C21H20N2O2. The molecule has 1 amide bonds. The molecule has 2 aromatic rings. The predicted octanol–water partition coefficient (Wildman–Crippen LogP) is 4.19. The summed E-state index contributed by atoms with van der Waals surface area (Å²) in [6.45, 7) is 8.32. The van der Waals surface area contributed by atoms with Crippen molar-refractivity contribution >= 4 is 22.9 Å². The number of carbonyl (C=O) groups is 1. The van der Waals surface area contributed by atoms with Gasteiger partial charge in [0.1, 0.15) is 5.75 Å². The molecule has 0 saturated heterocycles. The average Bonchev–Trinajstić information content (AvgIpc) is 3.04. The molecule has 4 nitrogen and oxygen atoms in total. The van der Waals surface area contributed by atoms with Gasteiger partial charge in [-0.2, -0.15) is 0 Å². The highest BCUT2D eigenvalue weighted by molar-refractivity contribution is 6.14. The van der Waals surface area contributed by atoms with E-state index in [1.165, 1.54) is 5.57 Å². The number of aryl methyl sites for hydroxylation is 1. The van der Waals surface area contributed by atoms with Crippen LogP contribution in [0.1, 0.15) is 37.5 Å². The normalized spacial score (nSPS) is 24.6. The van der Waals surface area contributed by atoms with E-state index in [0.717, 1.165) is 28.1 Å². The number of rotatable bonds is 0. The minimum Gasteiger partial charge on any atom is -0.452 e. The summed E-state index contributed by atoms with van der Waals surface area (Å²) in [7, 11) is 0. The first-order valence-electron chi connectivity index (χ1n) is 8.59. The fourth-order valence-corrected chi connectivity index (χ4v) is 4.44. The molecule has 3 heterocycles. The summed E-state index contributed by atoms with van der Waals surface area (Å²) in [5.74, 6) is 0.660. The number of nitrogens with zero attached hydrogens (tertiary/aromatic N) is 1. The van der Waals surface area contributed by atoms with Crippen LogP contribution in [-0.2, 0) is 10.5 Å². The van der Waals surface area contributed by atoms with E-state index in [4.69, 9.17) is 4.74 Å². The standard InChI is InChI=1S/C21H20N2O2/c1-12-9-14-13(2)11-20(3,4)23-18(14)15(10-12)21(19(23)24)22-16-7-5-6-8-17(16)25-21/h5-11,22H,1-4H3/t21-/m1/s1. The third-order valence-corrected chi connectivity index (χ3v) is 5.39. The Balaban J connectivity index is 1.81. The monoisotopic (exact) mass is 332 g/mol. The molecule has 0 saturated carbocycles. The molecule has 5 rings (SSSR count). The number of carbonyl (C=O) groups excluding carboxylic acids is 1. The average molecular weight is 332 g/mol. The molecule has 1 spiro atoms. The second kappa shape index (κ2) is 4.26. The van der Waals surface area contributed by atoms with Gasteiger partial charge in [0.2, 0.25) is 0 Å². The highest BCUT2D eigenvalue weighted by Gasteiger charge is 2.60. The van der Waals surface area contributed by atoms with Crippen LogP contribution >= 0.6 is 0 Å². The Morgan fingerprint density at radius 3 is 2.64 bits per heavy atom. The van der Waals surface area contributed by atoms with Crippen molar-refractivity contribution in [2.45, 2.75) is 39.0 Å². The molecular weight excluding hydrogens is 312 g/mol. The predicted molar refractivity (Wildman–Crippen MR) is 98.8 cm³/mol. The molecule has 25 heavy (non-hydrogen) atoms. The summed E-state index contributed by atoms with van der Waals surface area (Å²) in [4.78, 5) is 15.5. The van der Waals surface area contributed by atoms with E-state index in [-0.39, 0.29) is 5.91 Å².